The number of nitrogens with one attached hydrogen (secondary N) is 4. The maximum absolute atomic E-state index is 11.5. The number of hydrogen-bond donors (Lipinski definition) is 5. The van der Waals surface area contributed by atoms with E-state index in [0.717, 1.165) is 27.8 Å². The van der Waals surface area contributed by atoms with E-state index >= 15 is 0 Å². The molecule has 0 spiro atoms. The minimum atomic E-state index is -0.252. The SMILES string of the molecule is O=c1[nH]c2ccc(Nc3nccc(N(CCCO)c4cccc5[nH]ncc45)n3)cc2[nH]1. The van der Waals surface area contributed by atoms with Crippen LogP contribution in [0.4, 0.5) is 23.1 Å². The molecule has 10 nitrogen and oxygen atoms in total. The number of aromatic nitrogens is 6. The van der Waals surface area contributed by atoms with Gasteiger partial charge in [0.1, 0.15) is 5.82 Å². The Morgan fingerprint density at radius 3 is 2.87 bits per heavy atom. The Labute approximate surface area is 176 Å². The van der Waals surface area contributed by atoms with E-state index in [1.807, 2.05) is 47.4 Å². The van der Waals surface area contributed by atoms with Crippen LogP contribution in [0.2, 0.25) is 0 Å². The van der Waals surface area contributed by atoms with Gasteiger partial charge in [-0.25, -0.2) is 9.78 Å². The smallest absolute Gasteiger partial charge is 0.323 e. The lowest BCUT2D eigenvalue weighted by Crippen LogP contribution is -2.21. The normalized spacial score (nSPS) is 11.3. The van der Waals surface area contributed by atoms with Gasteiger partial charge in [-0.1, -0.05) is 6.07 Å². The summed E-state index contributed by atoms with van der Waals surface area (Å²) in [5, 5.41) is 20.7. The molecule has 0 amide bonds. The van der Waals surface area contributed by atoms with Crippen LogP contribution in [0.5, 0.6) is 0 Å². The second kappa shape index (κ2) is 7.92. The summed E-state index contributed by atoms with van der Waals surface area (Å²) in [5.74, 6) is 1.11. The van der Waals surface area contributed by atoms with E-state index in [1.54, 1.807) is 12.4 Å². The second-order valence-corrected chi connectivity index (χ2v) is 7.04. The van der Waals surface area contributed by atoms with Crippen LogP contribution in [-0.2, 0) is 0 Å². The summed E-state index contributed by atoms with van der Waals surface area (Å²) in [6.45, 7) is 0.650. The second-order valence-electron chi connectivity index (χ2n) is 7.04. The summed E-state index contributed by atoms with van der Waals surface area (Å²) in [6, 6.07) is 13.2. The highest BCUT2D eigenvalue weighted by Crippen LogP contribution is 2.31. The third kappa shape index (κ3) is 3.71. The van der Waals surface area contributed by atoms with Crippen LogP contribution in [-0.4, -0.2) is 48.4 Å². The number of aromatic amines is 3. The lowest BCUT2D eigenvalue weighted by Gasteiger charge is -2.24. The molecular weight excluding hydrogens is 396 g/mol. The lowest BCUT2D eigenvalue weighted by molar-refractivity contribution is 0.291. The van der Waals surface area contributed by atoms with E-state index in [1.165, 1.54) is 0 Å². The minimum absolute atomic E-state index is 0.0724. The molecule has 0 aliphatic carbocycles. The Morgan fingerprint density at radius 2 is 1.97 bits per heavy atom. The van der Waals surface area contributed by atoms with Crippen LogP contribution in [0.3, 0.4) is 0 Å². The van der Waals surface area contributed by atoms with E-state index in [0.29, 0.717) is 30.2 Å². The zero-order valence-electron chi connectivity index (χ0n) is 16.5. The van der Waals surface area contributed by atoms with Crippen molar-refractivity contribution in [3.05, 3.63) is 65.3 Å². The summed E-state index contributed by atoms with van der Waals surface area (Å²) < 4.78 is 0. The van der Waals surface area contributed by atoms with Crippen molar-refractivity contribution in [1.82, 2.24) is 30.1 Å². The number of aliphatic hydroxyl groups is 1. The molecule has 3 aromatic heterocycles. The number of fused-ring (bicyclic) bond motifs is 2. The molecule has 10 heteroatoms. The predicted molar refractivity (Wildman–Crippen MR) is 119 cm³/mol. The van der Waals surface area contributed by atoms with Crippen LogP contribution in [0.15, 0.2) is 59.7 Å². The zero-order valence-corrected chi connectivity index (χ0v) is 16.5. The fourth-order valence-corrected chi connectivity index (χ4v) is 3.57. The molecule has 3 heterocycles. The first-order valence-corrected chi connectivity index (χ1v) is 9.84. The van der Waals surface area contributed by atoms with E-state index in [2.05, 4.69) is 35.5 Å². The van der Waals surface area contributed by atoms with Gasteiger partial charge in [0.05, 0.1) is 28.4 Å². The van der Waals surface area contributed by atoms with Crippen LogP contribution in [0.25, 0.3) is 21.9 Å². The molecule has 2 aromatic carbocycles. The molecule has 0 atom stereocenters. The first-order valence-electron chi connectivity index (χ1n) is 9.84. The number of nitrogens with zero attached hydrogens (tertiary/aromatic N) is 4. The molecule has 5 rings (SSSR count). The maximum Gasteiger partial charge on any atom is 0.323 e. The summed E-state index contributed by atoms with van der Waals surface area (Å²) in [5.41, 5.74) is 3.79. The average Bonchev–Trinajstić information content (AvgIpc) is 3.40. The molecule has 31 heavy (non-hydrogen) atoms. The van der Waals surface area contributed by atoms with Gasteiger partial charge in [-0.2, -0.15) is 10.1 Å². The fourth-order valence-electron chi connectivity index (χ4n) is 3.57. The Hall–Kier alpha value is -4.18. The highest BCUT2D eigenvalue weighted by Gasteiger charge is 2.15. The van der Waals surface area contributed by atoms with Crippen LogP contribution in [0.1, 0.15) is 6.42 Å². The summed E-state index contributed by atoms with van der Waals surface area (Å²) in [4.78, 5) is 28.0. The molecule has 0 unspecified atom stereocenters. The first kappa shape index (κ1) is 18.8. The molecule has 0 radical (unpaired) electrons. The third-order valence-corrected chi connectivity index (χ3v) is 4.98. The van der Waals surface area contributed by atoms with Crippen LogP contribution >= 0.6 is 0 Å². The average molecular weight is 416 g/mol. The summed E-state index contributed by atoms with van der Waals surface area (Å²) in [6.07, 6.45) is 4.05. The van der Waals surface area contributed by atoms with Gasteiger partial charge < -0.3 is 25.3 Å². The number of benzene rings is 2. The number of imidazole rings is 1. The van der Waals surface area contributed by atoms with Gasteiger partial charge in [-0.3, -0.25) is 5.10 Å². The molecule has 156 valence electrons. The van der Waals surface area contributed by atoms with Gasteiger partial charge in [-0.05, 0) is 42.8 Å². The van der Waals surface area contributed by atoms with Gasteiger partial charge in [0.2, 0.25) is 5.95 Å². The Morgan fingerprint density at radius 1 is 1.06 bits per heavy atom. The number of rotatable bonds is 7. The minimum Gasteiger partial charge on any atom is -0.396 e. The number of anilines is 4. The highest BCUT2D eigenvalue weighted by atomic mass is 16.3. The molecule has 5 aromatic rings. The monoisotopic (exact) mass is 416 g/mol. The molecule has 0 saturated heterocycles. The van der Waals surface area contributed by atoms with Crippen molar-refractivity contribution in [2.24, 2.45) is 0 Å². The summed E-state index contributed by atoms with van der Waals surface area (Å²) >= 11 is 0. The topological polar surface area (TPSA) is 139 Å². The van der Waals surface area contributed by atoms with Crippen molar-refractivity contribution in [2.45, 2.75) is 6.42 Å². The van der Waals surface area contributed by atoms with E-state index in [4.69, 9.17) is 0 Å². The number of hydrogen-bond acceptors (Lipinski definition) is 7. The van der Waals surface area contributed by atoms with Crippen molar-refractivity contribution in [3.63, 3.8) is 0 Å². The lowest BCUT2D eigenvalue weighted by atomic mass is 10.2. The van der Waals surface area contributed by atoms with Crippen molar-refractivity contribution in [2.75, 3.05) is 23.4 Å². The molecule has 5 N–H and O–H groups in total. The van der Waals surface area contributed by atoms with Crippen LogP contribution in [0, 0.1) is 0 Å². The fraction of sp³-hybridized carbons (Fsp3) is 0.143. The van der Waals surface area contributed by atoms with Crippen molar-refractivity contribution >= 4 is 45.1 Å². The van der Waals surface area contributed by atoms with Crippen molar-refractivity contribution in [3.8, 4) is 0 Å². The quantitative estimate of drug-likeness (QED) is 0.275. The number of H-pyrrole nitrogens is 3. The van der Waals surface area contributed by atoms with E-state index in [-0.39, 0.29) is 12.3 Å². The highest BCUT2D eigenvalue weighted by molar-refractivity contribution is 5.93. The molecule has 0 aliphatic heterocycles. The molecular formula is C21H20N8O2. The molecule has 0 aliphatic rings. The van der Waals surface area contributed by atoms with Gasteiger partial charge in [0.25, 0.3) is 0 Å². The Bertz CT molecular complexity index is 1400. The van der Waals surface area contributed by atoms with Crippen LogP contribution < -0.4 is 15.9 Å². The van der Waals surface area contributed by atoms with Crippen molar-refractivity contribution in [1.29, 1.82) is 0 Å². The third-order valence-electron chi connectivity index (χ3n) is 4.98. The summed E-state index contributed by atoms with van der Waals surface area (Å²) in [7, 11) is 0. The predicted octanol–water partition coefficient (Wildman–Crippen LogP) is 2.79. The standard InChI is InChI=1S/C21H20N8O2/c30-10-2-9-29(18-4-1-3-15-14(18)12-23-28-15)19-7-8-22-20(27-19)24-13-5-6-16-17(11-13)26-21(31)25-16/h1,3-8,11-12,30H,2,9-10H2,(H,23,28)(H,22,24,27)(H2,25,26,31). The van der Waals surface area contributed by atoms with Gasteiger partial charge in [-0.15, -0.1) is 0 Å². The Balaban J connectivity index is 1.49. The van der Waals surface area contributed by atoms with Crippen molar-refractivity contribution < 1.29 is 5.11 Å². The number of aliphatic hydroxyl groups excluding tert-OH is 1. The van der Waals surface area contributed by atoms with Gasteiger partial charge in [0.15, 0.2) is 0 Å². The van der Waals surface area contributed by atoms with Gasteiger partial charge >= 0.3 is 5.69 Å². The molecule has 0 saturated carbocycles. The van der Waals surface area contributed by atoms with Gasteiger partial charge in [0, 0.05) is 30.4 Å². The van der Waals surface area contributed by atoms with E-state index < -0.39 is 0 Å². The first-order chi connectivity index (χ1) is 15.2. The largest absolute Gasteiger partial charge is 0.396 e. The zero-order chi connectivity index (χ0) is 21.2. The van der Waals surface area contributed by atoms with E-state index in [9.17, 15) is 9.90 Å². The maximum atomic E-state index is 11.5. The molecule has 0 bridgehead atoms. The Kier molecular flexibility index (Phi) is 4.81. The molecule has 0 fully saturated rings.